The van der Waals surface area contributed by atoms with Crippen LogP contribution in [0.25, 0.3) is 0 Å². The van der Waals surface area contributed by atoms with Crippen LogP contribution in [0.5, 0.6) is 0 Å². The predicted octanol–water partition coefficient (Wildman–Crippen LogP) is 1.96. The molecule has 0 amide bonds. The molecule has 1 aromatic carbocycles. The summed E-state index contributed by atoms with van der Waals surface area (Å²) in [6, 6.07) is 6.26. The number of rotatable bonds is 1. The highest BCUT2D eigenvalue weighted by Crippen LogP contribution is 2.17. The van der Waals surface area contributed by atoms with Crippen LogP contribution in [0.4, 0.5) is 0 Å². The summed E-state index contributed by atoms with van der Waals surface area (Å²) in [5, 5.41) is 3.48. The van der Waals surface area contributed by atoms with Crippen LogP contribution in [0.15, 0.2) is 18.2 Å². The molecule has 88 valence electrons. The normalized spacial score (nSPS) is 13.5. The van der Waals surface area contributed by atoms with Crippen molar-refractivity contribution in [2.24, 2.45) is 0 Å². The topological polar surface area (TPSA) is 29.1 Å². The Morgan fingerprint density at radius 3 is 3.24 bits per heavy atom. The molecule has 0 unspecified atom stereocenters. The third kappa shape index (κ3) is 3.36. The van der Waals surface area contributed by atoms with Crippen molar-refractivity contribution in [3.8, 4) is 11.8 Å². The zero-order chi connectivity index (χ0) is 12.1. The van der Waals surface area contributed by atoms with Gasteiger partial charge in [-0.15, -0.1) is 0 Å². The maximum absolute atomic E-state index is 10.8. The third-order valence-corrected chi connectivity index (χ3v) is 3.41. The van der Waals surface area contributed by atoms with Crippen molar-refractivity contribution in [1.82, 2.24) is 5.32 Å². The molecule has 0 saturated carbocycles. The van der Waals surface area contributed by atoms with Gasteiger partial charge in [-0.1, -0.05) is 35.7 Å². The third-order valence-electron chi connectivity index (χ3n) is 2.71. The van der Waals surface area contributed by atoms with E-state index in [2.05, 4.69) is 29.3 Å². The van der Waals surface area contributed by atoms with E-state index in [1.165, 1.54) is 22.9 Å². The van der Waals surface area contributed by atoms with Gasteiger partial charge < -0.3 is 5.32 Å². The number of carbonyl (C=O) groups is 1. The van der Waals surface area contributed by atoms with Crippen LogP contribution in [0.1, 0.15) is 23.6 Å². The van der Waals surface area contributed by atoms with E-state index in [4.69, 9.17) is 0 Å². The second kappa shape index (κ2) is 5.90. The van der Waals surface area contributed by atoms with Gasteiger partial charge in [0.2, 0.25) is 0 Å². The molecule has 1 aliphatic rings. The monoisotopic (exact) mass is 245 g/mol. The Morgan fingerprint density at radius 1 is 1.53 bits per heavy atom. The number of hydrogen-bond acceptors (Lipinski definition) is 3. The van der Waals surface area contributed by atoms with Crippen LogP contribution in [-0.4, -0.2) is 17.4 Å². The van der Waals surface area contributed by atoms with E-state index in [1.807, 2.05) is 6.07 Å². The molecule has 0 spiro atoms. The Labute approximate surface area is 106 Å². The summed E-state index contributed by atoms with van der Waals surface area (Å²) in [6.07, 6.45) is 1.04. The van der Waals surface area contributed by atoms with E-state index >= 15 is 0 Å². The van der Waals surface area contributed by atoms with Crippen LogP contribution in [0.3, 0.4) is 0 Å². The van der Waals surface area contributed by atoms with E-state index in [1.54, 1.807) is 6.92 Å². The lowest BCUT2D eigenvalue weighted by Gasteiger charge is -2.18. The molecule has 0 radical (unpaired) electrons. The van der Waals surface area contributed by atoms with Gasteiger partial charge in [-0.05, 0) is 30.2 Å². The SMILES string of the molecule is CC(=O)SCC#Cc1cccc2c1CCNC2. The molecule has 0 aliphatic carbocycles. The van der Waals surface area contributed by atoms with E-state index in [0.717, 1.165) is 25.1 Å². The van der Waals surface area contributed by atoms with Gasteiger partial charge in [-0.2, -0.15) is 0 Å². The quantitative estimate of drug-likeness (QED) is 0.767. The van der Waals surface area contributed by atoms with Gasteiger partial charge >= 0.3 is 0 Å². The van der Waals surface area contributed by atoms with Gasteiger partial charge in [0, 0.05) is 19.0 Å². The van der Waals surface area contributed by atoms with Crippen LogP contribution in [0.2, 0.25) is 0 Å². The number of hydrogen-bond donors (Lipinski definition) is 1. The van der Waals surface area contributed by atoms with Crippen molar-refractivity contribution in [3.05, 3.63) is 34.9 Å². The minimum Gasteiger partial charge on any atom is -0.312 e. The minimum absolute atomic E-state index is 0.124. The van der Waals surface area contributed by atoms with Crippen LogP contribution in [0, 0.1) is 11.8 Å². The van der Waals surface area contributed by atoms with Crippen molar-refractivity contribution < 1.29 is 4.79 Å². The standard InChI is InChI=1S/C14H15NOS/c1-11(16)17-9-3-6-12-4-2-5-13-10-15-8-7-14(12)13/h2,4-5,15H,7-10H2,1H3. The van der Waals surface area contributed by atoms with Crippen molar-refractivity contribution in [2.75, 3.05) is 12.3 Å². The van der Waals surface area contributed by atoms with Gasteiger partial charge in [-0.3, -0.25) is 4.79 Å². The summed E-state index contributed by atoms with van der Waals surface area (Å²) in [5.74, 6) is 6.81. The van der Waals surface area contributed by atoms with Gasteiger partial charge in [0.05, 0.1) is 5.75 Å². The summed E-state index contributed by atoms with van der Waals surface area (Å²) in [7, 11) is 0. The van der Waals surface area contributed by atoms with Gasteiger partial charge in [-0.25, -0.2) is 0 Å². The average molecular weight is 245 g/mol. The van der Waals surface area contributed by atoms with Crippen molar-refractivity contribution in [3.63, 3.8) is 0 Å². The Hall–Kier alpha value is -1.24. The molecular weight excluding hydrogens is 230 g/mol. The van der Waals surface area contributed by atoms with Gasteiger partial charge in [0.25, 0.3) is 0 Å². The first kappa shape index (κ1) is 12.2. The van der Waals surface area contributed by atoms with E-state index < -0.39 is 0 Å². The highest BCUT2D eigenvalue weighted by Gasteiger charge is 2.10. The van der Waals surface area contributed by atoms with Crippen molar-refractivity contribution in [1.29, 1.82) is 0 Å². The molecule has 0 fully saturated rings. The predicted molar refractivity (Wildman–Crippen MR) is 71.9 cm³/mol. The first-order valence-corrected chi connectivity index (χ1v) is 6.69. The number of nitrogens with one attached hydrogen (secondary N) is 1. The molecule has 0 aromatic heterocycles. The largest absolute Gasteiger partial charge is 0.312 e. The minimum atomic E-state index is 0.124. The zero-order valence-electron chi connectivity index (χ0n) is 9.88. The molecular formula is C14H15NOS. The second-order valence-electron chi connectivity index (χ2n) is 3.95. The molecule has 2 nitrogen and oxygen atoms in total. The Balaban J connectivity index is 2.13. The smallest absolute Gasteiger partial charge is 0.186 e. The van der Waals surface area contributed by atoms with Gasteiger partial charge in [0.1, 0.15) is 0 Å². The lowest BCUT2D eigenvalue weighted by Crippen LogP contribution is -2.24. The molecule has 1 N–H and O–H groups in total. The molecule has 2 rings (SSSR count). The summed E-state index contributed by atoms with van der Waals surface area (Å²) >= 11 is 1.26. The highest BCUT2D eigenvalue weighted by molar-refractivity contribution is 8.13. The lowest BCUT2D eigenvalue weighted by atomic mass is 9.96. The van der Waals surface area contributed by atoms with Crippen LogP contribution in [-0.2, 0) is 17.8 Å². The molecule has 0 saturated heterocycles. The fourth-order valence-corrected chi connectivity index (χ4v) is 2.27. The molecule has 0 bridgehead atoms. The van der Waals surface area contributed by atoms with E-state index in [0.29, 0.717) is 5.75 Å². The molecule has 1 heterocycles. The van der Waals surface area contributed by atoms with Gasteiger partial charge in [0.15, 0.2) is 5.12 Å². The molecule has 17 heavy (non-hydrogen) atoms. The molecule has 3 heteroatoms. The molecule has 0 atom stereocenters. The Bertz CT molecular complexity index is 485. The summed E-state index contributed by atoms with van der Waals surface area (Å²) < 4.78 is 0. The first-order chi connectivity index (χ1) is 8.27. The van der Waals surface area contributed by atoms with Crippen molar-refractivity contribution >= 4 is 16.9 Å². The zero-order valence-corrected chi connectivity index (χ0v) is 10.7. The van der Waals surface area contributed by atoms with Crippen LogP contribution < -0.4 is 5.32 Å². The maximum Gasteiger partial charge on any atom is 0.186 e. The Morgan fingerprint density at radius 2 is 2.41 bits per heavy atom. The van der Waals surface area contributed by atoms with Crippen LogP contribution >= 0.6 is 11.8 Å². The fraction of sp³-hybridized carbons (Fsp3) is 0.357. The second-order valence-corrected chi connectivity index (χ2v) is 5.10. The number of benzene rings is 1. The summed E-state index contributed by atoms with van der Waals surface area (Å²) in [6.45, 7) is 3.53. The Kier molecular flexibility index (Phi) is 4.24. The average Bonchev–Trinajstić information content (AvgIpc) is 2.34. The number of thioether (sulfide) groups is 1. The summed E-state index contributed by atoms with van der Waals surface area (Å²) in [4.78, 5) is 10.8. The fourth-order valence-electron chi connectivity index (χ4n) is 1.92. The van der Waals surface area contributed by atoms with Crippen molar-refractivity contribution in [2.45, 2.75) is 19.9 Å². The summed E-state index contributed by atoms with van der Waals surface area (Å²) in [5.41, 5.74) is 3.84. The first-order valence-electron chi connectivity index (χ1n) is 5.71. The molecule has 1 aliphatic heterocycles. The number of carbonyl (C=O) groups excluding carboxylic acids is 1. The maximum atomic E-state index is 10.8. The van der Waals surface area contributed by atoms with E-state index in [9.17, 15) is 4.79 Å². The highest BCUT2D eigenvalue weighted by atomic mass is 32.2. The van der Waals surface area contributed by atoms with E-state index in [-0.39, 0.29) is 5.12 Å². The molecule has 1 aromatic rings. The number of fused-ring (bicyclic) bond motifs is 1. The lowest BCUT2D eigenvalue weighted by molar-refractivity contribution is -0.109.